The van der Waals surface area contributed by atoms with Crippen molar-refractivity contribution in [2.24, 2.45) is 0 Å². The average molecular weight is 428 g/mol. The number of oxazole rings is 1. The summed E-state index contributed by atoms with van der Waals surface area (Å²) in [7, 11) is 0. The Morgan fingerprint density at radius 2 is 1.62 bits per heavy atom. The van der Waals surface area contributed by atoms with Gasteiger partial charge in [-0.25, -0.2) is 4.98 Å². The first-order valence-electron chi connectivity index (χ1n) is 10.4. The number of aromatic nitrogens is 1. The zero-order valence-electron chi connectivity index (χ0n) is 18.0. The number of nitrogens with one attached hydrogen (secondary N) is 1. The molecule has 0 bridgehead atoms. The highest BCUT2D eigenvalue weighted by Crippen LogP contribution is 2.30. The second kappa shape index (κ2) is 9.83. The van der Waals surface area contributed by atoms with E-state index in [0.717, 1.165) is 11.3 Å². The molecule has 0 unspecified atom stereocenters. The predicted molar refractivity (Wildman–Crippen MR) is 123 cm³/mol. The van der Waals surface area contributed by atoms with Crippen LogP contribution in [0.15, 0.2) is 83.3 Å². The summed E-state index contributed by atoms with van der Waals surface area (Å²) < 4.78 is 17.2. The minimum absolute atomic E-state index is 0.0968. The summed E-state index contributed by atoms with van der Waals surface area (Å²) in [6.07, 6.45) is 0.0968. The Morgan fingerprint density at radius 3 is 2.38 bits per heavy atom. The molecule has 0 aliphatic heterocycles. The fourth-order valence-corrected chi connectivity index (χ4v) is 3.20. The van der Waals surface area contributed by atoms with Gasteiger partial charge in [-0.2, -0.15) is 0 Å². The van der Waals surface area contributed by atoms with Crippen LogP contribution in [-0.4, -0.2) is 17.5 Å². The Bertz CT molecular complexity index is 1180. The summed E-state index contributed by atoms with van der Waals surface area (Å²) in [4.78, 5) is 17.2. The molecule has 0 atom stereocenters. The molecule has 0 radical (unpaired) electrons. The molecule has 3 aromatic carbocycles. The van der Waals surface area contributed by atoms with Gasteiger partial charge in [0.1, 0.15) is 17.3 Å². The maximum atomic E-state index is 12.7. The smallest absolute Gasteiger partial charge is 0.230 e. The van der Waals surface area contributed by atoms with Crippen molar-refractivity contribution >= 4 is 11.6 Å². The van der Waals surface area contributed by atoms with Crippen LogP contribution < -0.4 is 14.8 Å². The van der Waals surface area contributed by atoms with E-state index in [2.05, 4.69) is 10.3 Å². The van der Waals surface area contributed by atoms with E-state index < -0.39 is 0 Å². The number of anilines is 1. The number of para-hydroxylation sites is 2. The lowest BCUT2D eigenvalue weighted by Gasteiger charge is -2.12. The highest BCUT2D eigenvalue weighted by atomic mass is 16.5. The van der Waals surface area contributed by atoms with E-state index >= 15 is 0 Å². The molecular formula is C26H24N2O4. The average Bonchev–Trinajstić information content (AvgIpc) is 3.17. The molecule has 32 heavy (non-hydrogen) atoms. The van der Waals surface area contributed by atoms with Crippen LogP contribution in [0, 0.1) is 6.92 Å². The Balaban J connectivity index is 1.45. The fourth-order valence-electron chi connectivity index (χ4n) is 3.20. The van der Waals surface area contributed by atoms with E-state index in [0.29, 0.717) is 41.1 Å². The van der Waals surface area contributed by atoms with Gasteiger partial charge in [0.15, 0.2) is 5.75 Å². The van der Waals surface area contributed by atoms with E-state index in [1.807, 2.05) is 80.6 Å². The first-order chi connectivity index (χ1) is 15.6. The molecule has 6 nitrogen and oxygen atoms in total. The third-order valence-electron chi connectivity index (χ3n) is 4.77. The number of ether oxygens (including phenoxy) is 2. The van der Waals surface area contributed by atoms with E-state index in [1.54, 1.807) is 12.1 Å². The second-order valence-corrected chi connectivity index (χ2v) is 7.12. The van der Waals surface area contributed by atoms with Gasteiger partial charge in [0.25, 0.3) is 0 Å². The topological polar surface area (TPSA) is 73.6 Å². The lowest BCUT2D eigenvalue weighted by atomic mass is 10.2. The Hall–Kier alpha value is -4.06. The largest absolute Gasteiger partial charge is 0.494 e. The summed E-state index contributed by atoms with van der Waals surface area (Å²) in [5, 5.41) is 2.92. The van der Waals surface area contributed by atoms with Crippen molar-refractivity contribution < 1.29 is 18.7 Å². The van der Waals surface area contributed by atoms with Gasteiger partial charge in [-0.05, 0) is 62.4 Å². The molecule has 0 spiro atoms. The van der Waals surface area contributed by atoms with E-state index in [1.165, 1.54) is 0 Å². The van der Waals surface area contributed by atoms with Crippen molar-refractivity contribution in [2.45, 2.75) is 20.3 Å². The number of benzene rings is 3. The van der Waals surface area contributed by atoms with Crippen LogP contribution in [0.4, 0.5) is 5.69 Å². The van der Waals surface area contributed by atoms with Crippen LogP contribution in [-0.2, 0) is 11.2 Å². The molecule has 0 saturated heterocycles. The number of carbonyl (C=O) groups is 1. The zero-order valence-corrected chi connectivity index (χ0v) is 18.0. The van der Waals surface area contributed by atoms with Crippen LogP contribution >= 0.6 is 0 Å². The number of amides is 1. The Morgan fingerprint density at radius 1 is 0.938 bits per heavy atom. The van der Waals surface area contributed by atoms with Gasteiger partial charge >= 0.3 is 0 Å². The standard InChI is InChI=1S/C26H24N2O4/c1-3-30-20-13-15-21(16-14-20)32-24-12-8-7-11-22(24)27-25(29)17-23-18(2)31-26(28-23)19-9-5-4-6-10-19/h4-16H,3,17H2,1-2H3,(H,27,29). The summed E-state index contributed by atoms with van der Waals surface area (Å²) in [6.45, 7) is 4.35. The zero-order chi connectivity index (χ0) is 22.3. The van der Waals surface area contributed by atoms with E-state index in [-0.39, 0.29) is 12.3 Å². The third kappa shape index (κ3) is 5.16. The van der Waals surface area contributed by atoms with Crippen molar-refractivity contribution in [1.29, 1.82) is 0 Å². The van der Waals surface area contributed by atoms with E-state index in [4.69, 9.17) is 13.9 Å². The minimum Gasteiger partial charge on any atom is -0.494 e. The predicted octanol–water partition coefficient (Wildman–Crippen LogP) is 6.02. The molecule has 0 saturated carbocycles. The van der Waals surface area contributed by atoms with Crippen LogP contribution in [0.1, 0.15) is 18.4 Å². The van der Waals surface area contributed by atoms with Crippen molar-refractivity contribution in [3.05, 3.63) is 90.3 Å². The number of hydrogen-bond acceptors (Lipinski definition) is 5. The summed E-state index contributed by atoms with van der Waals surface area (Å²) in [6, 6.07) is 24.3. The monoisotopic (exact) mass is 428 g/mol. The quantitative estimate of drug-likeness (QED) is 0.371. The summed E-state index contributed by atoms with van der Waals surface area (Å²) >= 11 is 0. The number of carbonyl (C=O) groups excluding carboxylic acids is 1. The number of rotatable bonds is 8. The van der Waals surface area contributed by atoms with Crippen molar-refractivity contribution in [1.82, 2.24) is 4.98 Å². The summed E-state index contributed by atoms with van der Waals surface area (Å²) in [5.41, 5.74) is 2.05. The van der Waals surface area contributed by atoms with Gasteiger partial charge in [-0.3, -0.25) is 4.79 Å². The molecule has 4 aromatic rings. The number of aryl methyl sites for hydroxylation is 1. The molecule has 6 heteroatoms. The molecule has 4 rings (SSSR count). The Labute approximate surface area is 186 Å². The molecule has 0 aliphatic carbocycles. The second-order valence-electron chi connectivity index (χ2n) is 7.12. The van der Waals surface area contributed by atoms with Crippen LogP contribution in [0.2, 0.25) is 0 Å². The van der Waals surface area contributed by atoms with Crippen LogP contribution in [0.3, 0.4) is 0 Å². The van der Waals surface area contributed by atoms with Crippen LogP contribution in [0.5, 0.6) is 17.2 Å². The number of nitrogens with zero attached hydrogens (tertiary/aromatic N) is 1. The maximum absolute atomic E-state index is 12.7. The Kier molecular flexibility index (Phi) is 6.51. The molecule has 1 heterocycles. The SMILES string of the molecule is CCOc1ccc(Oc2ccccc2NC(=O)Cc2nc(-c3ccccc3)oc2C)cc1. The van der Waals surface area contributed by atoms with Gasteiger partial charge in [-0.15, -0.1) is 0 Å². The molecule has 1 aromatic heterocycles. The molecule has 0 fully saturated rings. The first-order valence-corrected chi connectivity index (χ1v) is 10.4. The first kappa shape index (κ1) is 21.2. The molecular weight excluding hydrogens is 404 g/mol. The summed E-state index contributed by atoms with van der Waals surface area (Å²) in [5.74, 6) is 2.90. The van der Waals surface area contributed by atoms with Gasteiger partial charge in [0, 0.05) is 5.56 Å². The highest BCUT2D eigenvalue weighted by molar-refractivity contribution is 5.93. The molecule has 0 aliphatic rings. The van der Waals surface area contributed by atoms with Crippen molar-refractivity contribution in [3.63, 3.8) is 0 Å². The van der Waals surface area contributed by atoms with Crippen molar-refractivity contribution in [2.75, 3.05) is 11.9 Å². The number of hydrogen-bond donors (Lipinski definition) is 1. The molecule has 1 N–H and O–H groups in total. The van der Waals surface area contributed by atoms with Crippen LogP contribution in [0.25, 0.3) is 11.5 Å². The van der Waals surface area contributed by atoms with Gasteiger partial charge in [0.2, 0.25) is 11.8 Å². The lowest BCUT2D eigenvalue weighted by Crippen LogP contribution is -2.15. The van der Waals surface area contributed by atoms with E-state index in [9.17, 15) is 4.79 Å². The normalized spacial score (nSPS) is 10.6. The maximum Gasteiger partial charge on any atom is 0.230 e. The van der Waals surface area contributed by atoms with Gasteiger partial charge in [0.05, 0.1) is 24.4 Å². The minimum atomic E-state index is -0.205. The van der Waals surface area contributed by atoms with Crippen molar-refractivity contribution in [3.8, 4) is 28.7 Å². The molecule has 1 amide bonds. The third-order valence-corrected chi connectivity index (χ3v) is 4.77. The highest BCUT2D eigenvalue weighted by Gasteiger charge is 2.16. The molecule has 162 valence electrons. The fraction of sp³-hybridized carbons (Fsp3) is 0.154. The lowest BCUT2D eigenvalue weighted by molar-refractivity contribution is -0.115. The van der Waals surface area contributed by atoms with Gasteiger partial charge in [-0.1, -0.05) is 30.3 Å². The van der Waals surface area contributed by atoms with Gasteiger partial charge < -0.3 is 19.2 Å².